The number of hydrogen-bond acceptors (Lipinski definition) is 5. The Morgan fingerprint density at radius 1 is 0.897 bits per heavy atom. The summed E-state index contributed by atoms with van der Waals surface area (Å²) in [6.07, 6.45) is -1.98. The van der Waals surface area contributed by atoms with E-state index in [0.717, 1.165) is 51.4 Å². The van der Waals surface area contributed by atoms with Gasteiger partial charge in [0.25, 0.3) is 11.6 Å². The second kappa shape index (κ2) is 11.2. The molecule has 0 saturated carbocycles. The highest BCUT2D eigenvalue weighted by molar-refractivity contribution is 6.02. The fraction of sp³-hybridized carbons (Fsp3) is 0.393. The van der Waals surface area contributed by atoms with Crippen LogP contribution in [0.15, 0.2) is 54.6 Å². The topological polar surface area (TPSA) is 85.7 Å². The van der Waals surface area contributed by atoms with E-state index in [4.69, 9.17) is 0 Å². The predicted octanol–water partition coefficient (Wildman–Crippen LogP) is 5.13. The zero-order valence-electron chi connectivity index (χ0n) is 21.4. The molecule has 8 nitrogen and oxygen atoms in total. The fourth-order valence-corrected chi connectivity index (χ4v) is 5.31. The number of alkyl halides is 3. The molecule has 0 bridgehead atoms. The van der Waals surface area contributed by atoms with E-state index in [-0.39, 0.29) is 28.4 Å². The Kier molecular flexibility index (Phi) is 7.72. The van der Waals surface area contributed by atoms with Crippen LogP contribution in [0.5, 0.6) is 0 Å². The number of H-pyrrole nitrogens is 1. The summed E-state index contributed by atoms with van der Waals surface area (Å²) >= 11 is 0. The van der Waals surface area contributed by atoms with Gasteiger partial charge >= 0.3 is 6.18 Å². The molecule has 0 radical (unpaired) electrons. The minimum Gasteiger partial charge on any atom is -0.354 e. The molecule has 0 atom stereocenters. The third kappa shape index (κ3) is 5.99. The average Bonchev–Trinajstić information content (AvgIpc) is 3.62. The molecule has 3 aromatic rings. The number of halogens is 3. The highest BCUT2D eigenvalue weighted by Gasteiger charge is 2.31. The Labute approximate surface area is 224 Å². The number of benzene rings is 2. The van der Waals surface area contributed by atoms with Crippen LogP contribution in [0.3, 0.4) is 0 Å². The van der Waals surface area contributed by atoms with Gasteiger partial charge in [-0.25, -0.2) is 0 Å². The van der Waals surface area contributed by atoms with E-state index in [0.29, 0.717) is 24.3 Å². The maximum absolute atomic E-state index is 13.7. The third-order valence-electron chi connectivity index (χ3n) is 7.53. The van der Waals surface area contributed by atoms with Gasteiger partial charge < -0.3 is 14.8 Å². The number of likely N-dealkylation sites (tertiary alicyclic amines) is 1. The number of rotatable bonds is 7. The molecule has 206 valence electrons. The summed E-state index contributed by atoms with van der Waals surface area (Å²) in [7, 11) is 0. The molecule has 2 fully saturated rings. The smallest absolute Gasteiger partial charge is 0.354 e. The molecule has 11 heteroatoms. The van der Waals surface area contributed by atoms with Crippen molar-refractivity contribution in [2.45, 2.75) is 19.0 Å². The van der Waals surface area contributed by atoms with Crippen LogP contribution in [-0.2, 0) is 6.18 Å². The van der Waals surface area contributed by atoms with Gasteiger partial charge in [-0.1, -0.05) is 24.3 Å². The highest BCUT2D eigenvalue weighted by Crippen LogP contribution is 2.36. The molecular weight excluding hydrogens is 511 g/mol. The summed E-state index contributed by atoms with van der Waals surface area (Å²) in [5.41, 5.74) is 0.671. The van der Waals surface area contributed by atoms with Gasteiger partial charge in [0, 0.05) is 51.0 Å². The number of aromatic nitrogens is 1. The minimum absolute atomic E-state index is 0.167. The quantitative estimate of drug-likeness (QED) is 0.331. The number of nitro groups is 1. The van der Waals surface area contributed by atoms with Crippen LogP contribution in [0.1, 0.15) is 28.8 Å². The van der Waals surface area contributed by atoms with Crippen molar-refractivity contribution in [2.75, 3.05) is 52.4 Å². The first-order chi connectivity index (χ1) is 18.7. The first-order valence-corrected chi connectivity index (χ1v) is 13.1. The number of nitro benzene ring substituents is 1. The van der Waals surface area contributed by atoms with Crippen molar-refractivity contribution in [3.63, 3.8) is 0 Å². The molecule has 39 heavy (non-hydrogen) atoms. The Balaban J connectivity index is 1.41. The third-order valence-corrected chi connectivity index (χ3v) is 7.53. The van der Waals surface area contributed by atoms with Gasteiger partial charge in [0.1, 0.15) is 0 Å². The number of nitrogens with one attached hydrogen (secondary N) is 1. The standard InChI is InChI=1S/C28H30F3N5O3/c29-28(30,31)21-9-7-20(8-10-21)24-19-23(26(32-24)22-5-1-2-6-25(22)36(38)39)27(37)35-17-15-34(16-18-35)14-13-33-11-3-4-12-33/h1-2,5-10,19,32H,3-4,11-18H2. The molecule has 1 aromatic heterocycles. The summed E-state index contributed by atoms with van der Waals surface area (Å²) in [5, 5.41) is 11.8. The zero-order chi connectivity index (χ0) is 27.6. The summed E-state index contributed by atoms with van der Waals surface area (Å²) in [6.45, 7) is 6.76. The second-order valence-corrected chi connectivity index (χ2v) is 10.0. The zero-order valence-corrected chi connectivity index (χ0v) is 21.4. The first kappa shape index (κ1) is 26.9. The van der Waals surface area contributed by atoms with E-state index >= 15 is 0 Å². The Morgan fingerprint density at radius 2 is 1.51 bits per heavy atom. The second-order valence-electron chi connectivity index (χ2n) is 10.0. The molecule has 0 spiro atoms. The molecule has 1 amide bonds. The number of piperazine rings is 1. The largest absolute Gasteiger partial charge is 0.416 e. The van der Waals surface area contributed by atoms with Gasteiger partial charge in [-0.05, 0) is 55.8 Å². The Hall–Kier alpha value is -3.70. The molecule has 1 N–H and O–H groups in total. The molecule has 2 aliphatic rings. The lowest BCUT2D eigenvalue weighted by Gasteiger charge is -2.35. The van der Waals surface area contributed by atoms with E-state index in [1.54, 1.807) is 29.2 Å². The summed E-state index contributed by atoms with van der Waals surface area (Å²) in [6, 6.07) is 12.3. The number of carbonyl (C=O) groups excluding carboxylic acids is 1. The van der Waals surface area contributed by atoms with Crippen LogP contribution in [0, 0.1) is 10.1 Å². The summed E-state index contributed by atoms with van der Waals surface area (Å²) < 4.78 is 39.2. The van der Waals surface area contributed by atoms with Crippen molar-refractivity contribution < 1.29 is 22.9 Å². The molecule has 0 unspecified atom stereocenters. The van der Waals surface area contributed by atoms with Crippen molar-refractivity contribution in [1.29, 1.82) is 0 Å². The molecule has 2 aliphatic heterocycles. The van der Waals surface area contributed by atoms with E-state index in [9.17, 15) is 28.1 Å². The van der Waals surface area contributed by atoms with Crippen LogP contribution in [0.2, 0.25) is 0 Å². The van der Waals surface area contributed by atoms with Crippen molar-refractivity contribution in [3.8, 4) is 22.5 Å². The molecular formula is C28H30F3N5O3. The van der Waals surface area contributed by atoms with Crippen LogP contribution < -0.4 is 0 Å². The van der Waals surface area contributed by atoms with Crippen molar-refractivity contribution >= 4 is 11.6 Å². The van der Waals surface area contributed by atoms with Gasteiger partial charge in [0.2, 0.25) is 0 Å². The first-order valence-electron chi connectivity index (χ1n) is 13.1. The number of para-hydroxylation sites is 1. The van der Waals surface area contributed by atoms with Crippen molar-refractivity contribution in [1.82, 2.24) is 19.7 Å². The van der Waals surface area contributed by atoms with Gasteiger partial charge in [-0.3, -0.25) is 19.8 Å². The molecule has 2 aromatic carbocycles. The Morgan fingerprint density at radius 3 is 2.13 bits per heavy atom. The predicted molar refractivity (Wildman–Crippen MR) is 141 cm³/mol. The Bertz CT molecular complexity index is 1320. The van der Waals surface area contributed by atoms with Crippen LogP contribution in [0.4, 0.5) is 18.9 Å². The highest BCUT2D eigenvalue weighted by atomic mass is 19.4. The molecule has 3 heterocycles. The summed E-state index contributed by atoms with van der Waals surface area (Å²) in [4.78, 5) is 34.6. The number of aromatic amines is 1. The van der Waals surface area contributed by atoms with Crippen molar-refractivity contribution in [2.24, 2.45) is 0 Å². The summed E-state index contributed by atoms with van der Waals surface area (Å²) in [5.74, 6) is -0.267. The normalized spacial score (nSPS) is 17.1. The van der Waals surface area contributed by atoms with E-state index in [1.807, 2.05) is 0 Å². The maximum atomic E-state index is 13.7. The maximum Gasteiger partial charge on any atom is 0.416 e. The monoisotopic (exact) mass is 541 g/mol. The number of nitrogens with zero attached hydrogens (tertiary/aromatic N) is 4. The van der Waals surface area contributed by atoms with E-state index in [2.05, 4.69) is 14.8 Å². The number of carbonyl (C=O) groups is 1. The lowest BCUT2D eigenvalue weighted by atomic mass is 10.0. The van der Waals surface area contributed by atoms with Crippen LogP contribution >= 0.6 is 0 Å². The van der Waals surface area contributed by atoms with Gasteiger partial charge in [-0.15, -0.1) is 0 Å². The van der Waals surface area contributed by atoms with Gasteiger partial charge in [0.15, 0.2) is 0 Å². The van der Waals surface area contributed by atoms with Crippen molar-refractivity contribution in [3.05, 3.63) is 75.8 Å². The number of amides is 1. The van der Waals surface area contributed by atoms with Gasteiger partial charge in [-0.2, -0.15) is 13.2 Å². The van der Waals surface area contributed by atoms with Crippen LogP contribution in [-0.4, -0.2) is 82.9 Å². The molecule has 2 saturated heterocycles. The van der Waals surface area contributed by atoms with Gasteiger partial charge in [0.05, 0.1) is 27.3 Å². The molecule has 5 rings (SSSR count). The molecule has 0 aliphatic carbocycles. The van der Waals surface area contributed by atoms with E-state index in [1.165, 1.54) is 31.0 Å². The average molecular weight is 542 g/mol. The number of hydrogen-bond donors (Lipinski definition) is 1. The lowest BCUT2D eigenvalue weighted by molar-refractivity contribution is -0.384. The minimum atomic E-state index is -4.47. The SMILES string of the molecule is O=C(c1cc(-c2ccc(C(F)(F)F)cc2)[nH]c1-c1ccccc1[N+](=O)[O-])N1CCN(CCN2CCCC2)CC1. The fourth-order valence-electron chi connectivity index (χ4n) is 5.31. The van der Waals surface area contributed by atoms with Crippen LogP contribution in [0.25, 0.3) is 22.5 Å². The van der Waals surface area contributed by atoms with E-state index < -0.39 is 16.7 Å². The lowest BCUT2D eigenvalue weighted by Crippen LogP contribution is -2.50.